The summed E-state index contributed by atoms with van der Waals surface area (Å²) in [6.45, 7) is 8.28. The number of nitrogens with zero attached hydrogens (tertiary/aromatic N) is 1. The predicted molar refractivity (Wildman–Crippen MR) is 66.9 cm³/mol. The maximum atomic E-state index is 11.7. The lowest BCUT2D eigenvalue weighted by Gasteiger charge is -2.48. The van der Waals surface area contributed by atoms with E-state index in [4.69, 9.17) is 9.47 Å². The number of ether oxygens (including phenoxy) is 2. The highest BCUT2D eigenvalue weighted by Gasteiger charge is 2.44. The summed E-state index contributed by atoms with van der Waals surface area (Å²) in [5, 5.41) is 0. The van der Waals surface area contributed by atoms with Crippen molar-refractivity contribution >= 4 is 5.91 Å². The molecule has 1 saturated heterocycles. The summed E-state index contributed by atoms with van der Waals surface area (Å²) >= 11 is 0. The second-order valence-electron chi connectivity index (χ2n) is 5.76. The minimum absolute atomic E-state index is 0.0751. The van der Waals surface area contributed by atoms with Crippen LogP contribution in [0.2, 0.25) is 0 Å². The normalized spacial score (nSPS) is 20.4. The van der Waals surface area contributed by atoms with Crippen molar-refractivity contribution in [3.8, 4) is 0 Å². The monoisotopic (exact) mass is 243 g/mol. The zero-order valence-electron chi connectivity index (χ0n) is 11.7. The SMILES string of the molecule is COCC(=O)N1CCC(OC)(C(C)(C)C)CC1. The highest BCUT2D eigenvalue weighted by molar-refractivity contribution is 5.77. The molecule has 0 N–H and O–H groups in total. The molecule has 4 heteroatoms. The van der Waals surface area contributed by atoms with Crippen molar-refractivity contribution < 1.29 is 14.3 Å². The molecule has 1 rings (SSSR count). The fourth-order valence-corrected chi connectivity index (χ4v) is 2.59. The first-order valence-electron chi connectivity index (χ1n) is 6.18. The molecule has 17 heavy (non-hydrogen) atoms. The van der Waals surface area contributed by atoms with E-state index in [2.05, 4.69) is 20.8 Å². The van der Waals surface area contributed by atoms with Crippen LogP contribution in [0, 0.1) is 5.41 Å². The number of methoxy groups -OCH3 is 2. The molecule has 1 amide bonds. The van der Waals surface area contributed by atoms with E-state index in [-0.39, 0.29) is 23.5 Å². The van der Waals surface area contributed by atoms with E-state index in [9.17, 15) is 4.79 Å². The van der Waals surface area contributed by atoms with E-state index in [1.54, 1.807) is 14.2 Å². The average Bonchev–Trinajstić information content (AvgIpc) is 2.28. The summed E-state index contributed by atoms with van der Waals surface area (Å²) in [6, 6.07) is 0. The quantitative estimate of drug-likeness (QED) is 0.757. The molecular weight excluding hydrogens is 218 g/mol. The number of piperidine rings is 1. The molecule has 0 aliphatic carbocycles. The standard InChI is InChI=1S/C13H25NO3/c1-12(2,3)13(17-5)6-8-14(9-7-13)11(15)10-16-4/h6-10H2,1-5H3. The van der Waals surface area contributed by atoms with Crippen LogP contribution in [0.25, 0.3) is 0 Å². The summed E-state index contributed by atoms with van der Waals surface area (Å²) in [5.74, 6) is 0.0751. The fraction of sp³-hybridized carbons (Fsp3) is 0.923. The van der Waals surface area contributed by atoms with E-state index < -0.39 is 0 Å². The highest BCUT2D eigenvalue weighted by atomic mass is 16.5. The summed E-state index contributed by atoms with van der Waals surface area (Å²) in [4.78, 5) is 13.6. The molecular formula is C13H25NO3. The molecule has 1 aliphatic heterocycles. The van der Waals surface area contributed by atoms with Gasteiger partial charge in [0.1, 0.15) is 6.61 Å². The molecule has 0 spiro atoms. The molecule has 0 radical (unpaired) electrons. The minimum atomic E-state index is -0.114. The Hall–Kier alpha value is -0.610. The predicted octanol–water partition coefficient (Wildman–Crippen LogP) is 1.69. The van der Waals surface area contributed by atoms with Gasteiger partial charge >= 0.3 is 0 Å². The molecule has 1 heterocycles. The van der Waals surface area contributed by atoms with Gasteiger partial charge in [-0.2, -0.15) is 0 Å². The first-order valence-corrected chi connectivity index (χ1v) is 6.18. The van der Waals surface area contributed by atoms with Gasteiger partial charge in [-0.05, 0) is 18.3 Å². The minimum Gasteiger partial charge on any atom is -0.378 e. The van der Waals surface area contributed by atoms with Crippen LogP contribution in [0.15, 0.2) is 0 Å². The van der Waals surface area contributed by atoms with Crippen molar-refractivity contribution in [1.82, 2.24) is 4.90 Å². The van der Waals surface area contributed by atoms with Crippen LogP contribution >= 0.6 is 0 Å². The van der Waals surface area contributed by atoms with Crippen LogP contribution in [0.5, 0.6) is 0 Å². The van der Waals surface area contributed by atoms with Crippen LogP contribution in [-0.2, 0) is 14.3 Å². The Morgan fingerprint density at radius 3 is 2.12 bits per heavy atom. The Morgan fingerprint density at radius 2 is 1.76 bits per heavy atom. The number of hydrogen-bond acceptors (Lipinski definition) is 3. The largest absolute Gasteiger partial charge is 0.378 e. The van der Waals surface area contributed by atoms with Gasteiger partial charge in [0.2, 0.25) is 5.91 Å². The number of likely N-dealkylation sites (tertiary alicyclic amines) is 1. The molecule has 0 aromatic heterocycles. The number of carbonyl (C=O) groups is 1. The second kappa shape index (κ2) is 5.36. The fourth-order valence-electron chi connectivity index (χ4n) is 2.59. The van der Waals surface area contributed by atoms with E-state index in [1.807, 2.05) is 4.90 Å². The van der Waals surface area contributed by atoms with E-state index in [0.717, 1.165) is 25.9 Å². The van der Waals surface area contributed by atoms with Gasteiger partial charge in [-0.3, -0.25) is 4.79 Å². The van der Waals surface area contributed by atoms with Crippen LogP contribution in [0.4, 0.5) is 0 Å². The lowest BCUT2D eigenvalue weighted by Crippen LogP contribution is -2.54. The first-order chi connectivity index (χ1) is 7.86. The van der Waals surface area contributed by atoms with Gasteiger partial charge in [0, 0.05) is 27.3 Å². The summed E-state index contributed by atoms with van der Waals surface area (Å²) in [7, 11) is 3.33. The molecule has 1 aliphatic rings. The van der Waals surface area contributed by atoms with Gasteiger partial charge < -0.3 is 14.4 Å². The van der Waals surface area contributed by atoms with E-state index in [1.165, 1.54) is 0 Å². The zero-order chi connectivity index (χ0) is 13.1. The van der Waals surface area contributed by atoms with Gasteiger partial charge in [0.25, 0.3) is 0 Å². The number of rotatable bonds is 3. The van der Waals surface area contributed by atoms with Gasteiger partial charge in [0.05, 0.1) is 5.60 Å². The molecule has 1 fully saturated rings. The van der Waals surface area contributed by atoms with Crippen molar-refractivity contribution in [2.24, 2.45) is 5.41 Å². The Bertz CT molecular complexity index is 262. The van der Waals surface area contributed by atoms with Crippen molar-refractivity contribution in [1.29, 1.82) is 0 Å². The van der Waals surface area contributed by atoms with Crippen molar-refractivity contribution in [3.63, 3.8) is 0 Å². The lowest BCUT2D eigenvalue weighted by atomic mass is 9.70. The number of hydrogen-bond donors (Lipinski definition) is 0. The van der Waals surface area contributed by atoms with Crippen LogP contribution < -0.4 is 0 Å². The zero-order valence-corrected chi connectivity index (χ0v) is 11.7. The molecule has 0 atom stereocenters. The third-order valence-electron chi connectivity index (χ3n) is 3.95. The van der Waals surface area contributed by atoms with Crippen LogP contribution in [0.1, 0.15) is 33.6 Å². The summed E-state index contributed by atoms with van der Waals surface area (Å²) in [5.41, 5.74) is -0.0189. The van der Waals surface area contributed by atoms with Gasteiger partial charge in [0.15, 0.2) is 0 Å². The average molecular weight is 243 g/mol. The van der Waals surface area contributed by atoms with Crippen molar-refractivity contribution in [2.45, 2.75) is 39.2 Å². The lowest BCUT2D eigenvalue weighted by molar-refractivity contribution is -0.151. The van der Waals surface area contributed by atoms with Gasteiger partial charge in [-0.1, -0.05) is 20.8 Å². The van der Waals surface area contributed by atoms with E-state index in [0.29, 0.717) is 0 Å². The highest BCUT2D eigenvalue weighted by Crippen LogP contribution is 2.41. The first kappa shape index (κ1) is 14.5. The topological polar surface area (TPSA) is 38.8 Å². The molecule has 0 bridgehead atoms. The summed E-state index contributed by atoms with van der Waals surface area (Å²) in [6.07, 6.45) is 1.78. The molecule has 0 unspecified atom stereocenters. The number of carbonyl (C=O) groups excluding carboxylic acids is 1. The molecule has 0 aromatic carbocycles. The van der Waals surface area contributed by atoms with Gasteiger partial charge in [-0.15, -0.1) is 0 Å². The Morgan fingerprint density at radius 1 is 1.24 bits per heavy atom. The van der Waals surface area contributed by atoms with Crippen molar-refractivity contribution in [3.05, 3.63) is 0 Å². The molecule has 0 aromatic rings. The Kier molecular flexibility index (Phi) is 4.55. The smallest absolute Gasteiger partial charge is 0.248 e. The second-order valence-corrected chi connectivity index (χ2v) is 5.76. The molecule has 0 saturated carbocycles. The third-order valence-corrected chi connectivity index (χ3v) is 3.95. The molecule has 100 valence electrons. The summed E-state index contributed by atoms with van der Waals surface area (Å²) < 4.78 is 10.6. The van der Waals surface area contributed by atoms with Crippen LogP contribution in [-0.4, -0.2) is 50.3 Å². The molecule has 4 nitrogen and oxygen atoms in total. The maximum Gasteiger partial charge on any atom is 0.248 e. The Balaban J connectivity index is 2.63. The number of amides is 1. The Labute approximate surface area is 104 Å². The van der Waals surface area contributed by atoms with Crippen molar-refractivity contribution in [2.75, 3.05) is 33.9 Å². The maximum absolute atomic E-state index is 11.7. The van der Waals surface area contributed by atoms with Gasteiger partial charge in [-0.25, -0.2) is 0 Å². The van der Waals surface area contributed by atoms with Crippen LogP contribution in [0.3, 0.4) is 0 Å². The third kappa shape index (κ3) is 2.99. The van der Waals surface area contributed by atoms with E-state index >= 15 is 0 Å².